The van der Waals surface area contributed by atoms with E-state index in [1.165, 1.54) is 6.92 Å². The van der Waals surface area contributed by atoms with E-state index in [2.05, 4.69) is 10.1 Å². The summed E-state index contributed by atoms with van der Waals surface area (Å²) in [6, 6.07) is 7.38. The number of aryl methyl sites for hydroxylation is 1. The van der Waals surface area contributed by atoms with Gasteiger partial charge in [0.25, 0.3) is 0 Å². The first kappa shape index (κ1) is 17.3. The number of para-hydroxylation sites is 2. The predicted molar refractivity (Wildman–Crippen MR) is 89.4 cm³/mol. The van der Waals surface area contributed by atoms with Crippen LogP contribution in [-0.4, -0.2) is 40.4 Å². The second-order valence-electron chi connectivity index (χ2n) is 6.04. The molecule has 2 heterocycles. The SMILES string of the molecule is C[C@](CCn1cc(-c2nc3ccccc3o2)cn1)(CS(=O)[O-])C(=O)O. The number of aromatic nitrogens is 3. The van der Waals surface area contributed by atoms with Crippen LogP contribution in [0.1, 0.15) is 13.3 Å². The molecule has 25 heavy (non-hydrogen) atoms. The fourth-order valence-corrected chi connectivity index (χ4v) is 3.24. The molecule has 0 saturated carbocycles. The van der Waals surface area contributed by atoms with E-state index in [0.29, 0.717) is 17.0 Å². The number of carboxylic acids is 1. The third-order valence-electron chi connectivity index (χ3n) is 4.02. The molecule has 3 aromatic rings. The Morgan fingerprint density at radius 1 is 1.44 bits per heavy atom. The van der Waals surface area contributed by atoms with E-state index in [9.17, 15) is 18.7 Å². The van der Waals surface area contributed by atoms with Gasteiger partial charge in [0.05, 0.1) is 17.2 Å². The van der Waals surface area contributed by atoms with Gasteiger partial charge >= 0.3 is 5.97 Å². The second kappa shape index (κ2) is 6.77. The molecule has 2 aromatic heterocycles. The summed E-state index contributed by atoms with van der Waals surface area (Å²) in [6.07, 6.45) is 3.40. The molecule has 1 unspecified atom stereocenters. The molecule has 8 nitrogen and oxygen atoms in total. The molecule has 0 aliphatic rings. The number of fused-ring (bicyclic) bond motifs is 1. The highest BCUT2D eigenvalue weighted by molar-refractivity contribution is 7.79. The Morgan fingerprint density at radius 2 is 2.20 bits per heavy atom. The highest BCUT2D eigenvalue weighted by Crippen LogP contribution is 2.26. The summed E-state index contributed by atoms with van der Waals surface area (Å²) in [5, 5.41) is 13.5. The van der Waals surface area contributed by atoms with Crippen molar-refractivity contribution < 1.29 is 23.1 Å². The van der Waals surface area contributed by atoms with E-state index in [-0.39, 0.29) is 13.0 Å². The molecule has 0 amide bonds. The van der Waals surface area contributed by atoms with Crippen LogP contribution in [0.25, 0.3) is 22.6 Å². The Hall–Kier alpha value is -2.52. The smallest absolute Gasteiger partial charge is 0.310 e. The molecule has 0 spiro atoms. The Balaban J connectivity index is 1.75. The van der Waals surface area contributed by atoms with E-state index in [1.54, 1.807) is 17.1 Å². The maximum absolute atomic E-state index is 11.4. The van der Waals surface area contributed by atoms with Crippen molar-refractivity contribution in [2.24, 2.45) is 5.41 Å². The number of hydrogen-bond donors (Lipinski definition) is 1. The molecule has 1 aromatic carbocycles. The van der Waals surface area contributed by atoms with E-state index < -0.39 is 28.2 Å². The van der Waals surface area contributed by atoms with Crippen LogP contribution in [-0.2, 0) is 22.4 Å². The van der Waals surface area contributed by atoms with Crippen LogP contribution in [0.3, 0.4) is 0 Å². The summed E-state index contributed by atoms with van der Waals surface area (Å²) >= 11 is -2.43. The van der Waals surface area contributed by atoms with Crippen LogP contribution >= 0.6 is 0 Å². The largest absolute Gasteiger partial charge is 0.772 e. The van der Waals surface area contributed by atoms with Crippen molar-refractivity contribution >= 4 is 28.1 Å². The topological polar surface area (TPSA) is 121 Å². The summed E-state index contributed by atoms with van der Waals surface area (Å²) in [4.78, 5) is 15.8. The van der Waals surface area contributed by atoms with Gasteiger partial charge in [-0.25, -0.2) is 4.98 Å². The average molecular weight is 362 g/mol. The maximum atomic E-state index is 11.4. The predicted octanol–water partition coefficient (Wildman–Crippen LogP) is 2.05. The van der Waals surface area contributed by atoms with E-state index in [4.69, 9.17) is 4.42 Å². The van der Waals surface area contributed by atoms with E-state index in [0.717, 1.165) is 5.52 Å². The van der Waals surface area contributed by atoms with Crippen LogP contribution in [0.2, 0.25) is 0 Å². The summed E-state index contributed by atoms with van der Waals surface area (Å²) in [5.41, 5.74) is 0.708. The molecule has 0 fully saturated rings. The van der Waals surface area contributed by atoms with Gasteiger partial charge in [0, 0.05) is 18.5 Å². The number of oxazole rings is 1. The second-order valence-corrected chi connectivity index (χ2v) is 6.94. The zero-order valence-electron chi connectivity index (χ0n) is 13.4. The lowest BCUT2D eigenvalue weighted by Gasteiger charge is -2.25. The third kappa shape index (κ3) is 3.77. The summed E-state index contributed by atoms with van der Waals surface area (Å²) in [5.74, 6) is -1.17. The lowest BCUT2D eigenvalue weighted by atomic mass is 9.89. The summed E-state index contributed by atoms with van der Waals surface area (Å²) < 4.78 is 29.0. The van der Waals surface area contributed by atoms with Gasteiger partial charge < -0.3 is 14.1 Å². The molecule has 2 atom stereocenters. The van der Waals surface area contributed by atoms with Crippen molar-refractivity contribution in [3.05, 3.63) is 36.7 Å². The molecule has 0 saturated heterocycles. The lowest BCUT2D eigenvalue weighted by Crippen LogP contribution is -2.34. The first-order valence-electron chi connectivity index (χ1n) is 7.55. The quantitative estimate of drug-likeness (QED) is 0.638. The molecule has 3 rings (SSSR count). The van der Waals surface area contributed by atoms with Crippen LogP contribution in [0.15, 0.2) is 41.1 Å². The number of aliphatic carboxylic acids is 1. The first-order chi connectivity index (χ1) is 11.9. The van der Waals surface area contributed by atoms with Crippen molar-refractivity contribution in [2.75, 3.05) is 5.75 Å². The van der Waals surface area contributed by atoms with Crippen molar-refractivity contribution in [1.82, 2.24) is 14.8 Å². The number of rotatable bonds is 7. The molecule has 0 aliphatic heterocycles. The van der Waals surface area contributed by atoms with Gasteiger partial charge in [-0.15, -0.1) is 0 Å². The van der Waals surface area contributed by atoms with Crippen LogP contribution in [0, 0.1) is 5.41 Å². The number of hydrogen-bond acceptors (Lipinski definition) is 6. The minimum absolute atomic E-state index is 0.130. The molecular formula is C16H16N3O5S-. The van der Waals surface area contributed by atoms with Crippen molar-refractivity contribution in [3.63, 3.8) is 0 Å². The van der Waals surface area contributed by atoms with Gasteiger partial charge in [-0.3, -0.25) is 13.7 Å². The highest BCUT2D eigenvalue weighted by atomic mass is 32.2. The Morgan fingerprint density at radius 3 is 2.88 bits per heavy atom. The standard InChI is InChI=1S/C16H17N3O5S/c1-16(15(20)21,10-25(22)23)6-7-19-9-11(8-17-19)14-18-12-4-2-3-5-13(12)24-14/h2-5,8-9H,6-7,10H2,1H3,(H,20,21)(H,22,23)/p-1/t16-/m0/s1. The van der Waals surface area contributed by atoms with Crippen LogP contribution in [0.4, 0.5) is 0 Å². The van der Waals surface area contributed by atoms with Crippen molar-refractivity contribution in [1.29, 1.82) is 0 Å². The molecule has 0 aliphatic carbocycles. The molecular weight excluding hydrogens is 346 g/mol. The number of carbonyl (C=O) groups is 1. The van der Waals surface area contributed by atoms with Crippen LogP contribution in [0.5, 0.6) is 0 Å². The zero-order valence-corrected chi connectivity index (χ0v) is 14.2. The molecule has 0 radical (unpaired) electrons. The van der Waals surface area contributed by atoms with Gasteiger partial charge in [0.15, 0.2) is 5.58 Å². The Kier molecular flexibility index (Phi) is 4.69. The summed E-state index contributed by atoms with van der Waals surface area (Å²) in [6.45, 7) is 1.68. The highest BCUT2D eigenvalue weighted by Gasteiger charge is 2.33. The maximum Gasteiger partial charge on any atom is 0.310 e. The zero-order chi connectivity index (χ0) is 18.0. The summed E-state index contributed by atoms with van der Waals surface area (Å²) in [7, 11) is 0. The molecule has 132 valence electrons. The monoisotopic (exact) mass is 362 g/mol. The fraction of sp³-hybridized carbons (Fsp3) is 0.312. The number of nitrogens with zero attached hydrogens (tertiary/aromatic N) is 3. The minimum atomic E-state index is -2.43. The van der Waals surface area contributed by atoms with Crippen molar-refractivity contribution in [3.8, 4) is 11.5 Å². The molecule has 9 heteroatoms. The van der Waals surface area contributed by atoms with Crippen LogP contribution < -0.4 is 0 Å². The Labute approximate surface area is 145 Å². The lowest BCUT2D eigenvalue weighted by molar-refractivity contribution is -0.147. The molecule has 1 N–H and O–H groups in total. The number of carboxylic acid groups (broad SMARTS) is 1. The minimum Gasteiger partial charge on any atom is -0.772 e. The van der Waals surface area contributed by atoms with Gasteiger partial charge in [0.1, 0.15) is 5.52 Å². The Bertz CT molecular complexity index is 902. The number of benzene rings is 1. The van der Waals surface area contributed by atoms with E-state index >= 15 is 0 Å². The third-order valence-corrected chi connectivity index (χ3v) is 4.89. The average Bonchev–Trinajstić information content (AvgIpc) is 3.18. The van der Waals surface area contributed by atoms with Gasteiger partial charge in [-0.05, 0) is 25.5 Å². The molecule has 0 bridgehead atoms. The fourth-order valence-electron chi connectivity index (χ4n) is 2.45. The normalized spacial score (nSPS) is 15.1. The van der Waals surface area contributed by atoms with Crippen molar-refractivity contribution in [2.45, 2.75) is 19.9 Å². The first-order valence-corrected chi connectivity index (χ1v) is 8.79. The van der Waals surface area contributed by atoms with Gasteiger partial charge in [-0.2, -0.15) is 5.10 Å². The van der Waals surface area contributed by atoms with Gasteiger partial charge in [0.2, 0.25) is 5.89 Å². The van der Waals surface area contributed by atoms with Gasteiger partial charge in [-0.1, -0.05) is 23.2 Å². The van der Waals surface area contributed by atoms with E-state index in [1.807, 2.05) is 24.3 Å².